The zero-order valence-electron chi connectivity index (χ0n) is 16.6. The van der Waals surface area contributed by atoms with Gasteiger partial charge in [-0.3, -0.25) is 0 Å². The maximum absolute atomic E-state index is 4.62. The highest BCUT2D eigenvalue weighted by atomic mass is 15.3. The van der Waals surface area contributed by atoms with E-state index in [1.54, 1.807) is 0 Å². The molecule has 0 radical (unpaired) electrons. The van der Waals surface area contributed by atoms with E-state index < -0.39 is 0 Å². The number of nitrogens with zero attached hydrogens (tertiary/aromatic N) is 5. The number of hydrogen-bond donors (Lipinski definition) is 1. The smallest absolute Gasteiger partial charge is 0.241 e. The molecule has 1 saturated carbocycles. The van der Waals surface area contributed by atoms with Crippen molar-refractivity contribution in [3.63, 3.8) is 0 Å². The van der Waals surface area contributed by atoms with Crippen LogP contribution >= 0.6 is 0 Å². The van der Waals surface area contributed by atoms with Gasteiger partial charge in [0.2, 0.25) is 5.95 Å². The van der Waals surface area contributed by atoms with Crippen LogP contribution in [0, 0.1) is 12.3 Å². The predicted molar refractivity (Wildman–Crippen MR) is 110 cm³/mol. The van der Waals surface area contributed by atoms with Crippen LogP contribution in [0.25, 0.3) is 16.6 Å². The third-order valence-electron chi connectivity index (χ3n) is 5.04. The van der Waals surface area contributed by atoms with Crippen LogP contribution < -0.4 is 5.32 Å². The first-order valence-electron chi connectivity index (χ1n) is 9.41. The van der Waals surface area contributed by atoms with E-state index in [9.17, 15) is 0 Å². The molecule has 3 heterocycles. The van der Waals surface area contributed by atoms with E-state index in [2.05, 4.69) is 51.4 Å². The molecular weight excluding hydrogens is 336 g/mol. The van der Waals surface area contributed by atoms with Crippen LogP contribution in [0.2, 0.25) is 0 Å². The van der Waals surface area contributed by atoms with Crippen LogP contribution in [-0.4, -0.2) is 31.3 Å². The zero-order valence-corrected chi connectivity index (χ0v) is 16.6. The lowest BCUT2D eigenvalue weighted by atomic mass is 9.68. The van der Waals surface area contributed by atoms with Gasteiger partial charge < -0.3 is 5.32 Å². The summed E-state index contributed by atoms with van der Waals surface area (Å²) in [4.78, 5) is 13.5. The molecule has 1 N–H and O–H groups in total. The van der Waals surface area contributed by atoms with Gasteiger partial charge in [-0.15, -0.1) is 5.10 Å². The van der Waals surface area contributed by atoms with Gasteiger partial charge in [-0.25, -0.2) is 19.5 Å². The highest BCUT2D eigenvalue weighted by Crippen LogP contribution is 2.41. The summed E-state index contributed by atoms with van der Waals surface area (Å²) in [6.07, 6.45) is 8.03. The van der Waals surface area contributed by atoms with E-state index in [0.717, 1.165) is 46.6 Å². The molecule has 0 aliphatic heterocycles. The van der Waals surface area contributed by atoms with Gasteiger partial charge in [0, 0.05) is 35.3 Å². The van der Waals surface area contributed by atoms with Crippen molar-refractivity contribution in [3.8, 4) is 11.1 Å². The Balaban J connectivity index is 1.60. The molecule has 0 spiro atoms. The summed E-state index contributed by atoms with van der Waals surface area (Å²) in [6, 6.07) is 4.65. The van der Waals surface area contributed by atoms with Crippen molar-refractivity contribution in [2.24, 2.45) is 10.4 Å². The van der Waals surface area contributed by atoms with E-state index in [0.29, 0.717) is 17.4 Å². The van der Waals surface area contributed by atoms with Gasteiger partial charge in [0.05, 0.1) is 11.7 Å². The molecule has 3 aromatic heterocycles. The van der Waals surface area contributed by atoms with Crippen LogP contribution in [0.3, 0.4) is 0 Å². The summed E-state index contributed by atoms with van der Waals surface area (Å²) in [6.45, 7) is 10.6. The Hall–Kier alpha value is -2.76. The van der Waals surface area contributed by atoms with Gasteiger partial charge in [-0.2, -0.15) is 0 Å². The monoisotopic (exact) mass is 362 g/mol. The maximum atomic E-state index is 4.62. The highest BCUT2D eigenvalue weighted by Gasteiger charge is 2.36. The standard InChI is InChI=1S/C21H26N6/c1-13(2)24-19-14(3)8-15(11-22-19)17-6-7-27-18(17)12-23-20(26-27)25-16-9-21(4,5)10-16/h6-8,11-12,16H,9-10H2,1-5H3,(H,25,26). The predicted octanol–water partition coefficient (Wildman–Crippen LogP) is 4.81. The minimum absolute atomic E-state index is 0.430. The Morgan fingerprint density at radius 2 is 2.00 bits per heavy atom. The number of hydrogen-bond acceptors (Lipinski definition) is 5. The number of nitrogens with one attached hydrogen (secondary N) is 1. The number of rotatable bonds is 4. The van der Waals surface area contributed by atoms with Crippen molar-refractivity contribution in [1.82, 2.24) is 19.6 Å². The lowest BCUT2D eigenvalue weighted by Crippen LogP contribution is -2.41. The summed E-state index contributed by atoms with van der Waals surface area (Å²) in [5.41, 5.74) is 5.58. The molecule has 1 fully saturated rings. The summed E-state index contributed by atoms with van der Waals surface area (Å²) >= 11 is 0. The second-order valence-corrected chi connectivity index (χ2v) is 8.48. The number of anilines is 1. The van der Waals surface area contributed by atoms with E-state index in [1.165, 1.54) is 0 Å². The van der Waals surface area contributed by atoms with Crippen LogP contribution in [-0.2, 0) is 0 Å². The molecule has 6 heteroatoms. The quantitative estimate of drug-likeness (QED) is 0.676. The third-order valence-corrected chi connectivity index (χ3v) is 5.04. The molecular formula is C21H26N6. The molecule has 0 amide bonds. The lowest BCUT2D eigenvalue weighted by Gasteiger charge is -2.42. The number of aryl methyl sites for hydroxylation is 1. The van der Waals surface area contributed by atoms with E-state index in [-0.39, 0.29) is 0 Å². The van der Waals surface area contributed by atoms with Gasteiger partial charge in [0.1, 0.15) is 0 Å². The van der Waals surface area contributed by atoms with Gasteiger partial charge >= 0.3 is 0 Å². The summed E-state index contributed by atoms with van der Waals surface area (Å²) in [5, 5.41) is 8.06. The highest BCUT2D eigenvalue weighted by molar-refractivity contribution is 5.83. The van der Waals surface area contributed by atoms with Gasteiger partial charge in [-0.05, 0) is 56.7 Å². The number of aliphatic imine (C=N–C) groups is 1. The first-order chi connectivity index (χ1) is 12.8. The fourth-order valence-corrected chi connectivity index (χ4v) is 3.81. The Morgan fingerprint density at radius 1 is 1.22 bits per heavy atom. The average molecular weight is 362 g/mol. The van der Waals surface area contributed by atoms with Crippen LogP contribution in [0.5, 0.6) is 0 Å². The Labute approximate surface area is 159 Å². The molecule has 0 aromatic carbocycles. The molecule has 6 nitrogen and oxygen atoms in total. The molecule has 0 saturated heterocycles. The molecule has 0 bridgehead atoms. The number of aromatic nitrogens is 4. The van der Waals surface area contributed by atoms with E-state index >= 15 is 0 Å². The average Bonchev–Trinajstić information content (AvgIpc) is 2.98. The van der Waals surface area contributed by atoms with Crippen LogP contribution in [0.15, 0.2) is 35.7 Å². The molecule has 1 aliphatic carbocycles. The molecule has 3 aromatic rings. The van der Waals surface area contributed by atoms with E-state index in [4.69, 9.17) is 0 Å². The summed E-state index contributed by atoms with van der Waals surface area (Å²) < 4.78 is 1.88. The molecule has 140 valence electrons. The van der Waals surface area contributed by atoms with Crippen molar-refractivity contribution >= 4 is 23.0 Å². The van der Waals surface area contributed by atoms with Crippen molar-refractivity contribution in [2.45, 2.75) is 53.5 Å². The number of pyridine rings is 1. The third kappa shape index (κ3) is 3.56. The van der Waals surface area contributed by atoms with Gasteiger partial charge in [-0.1, -0.05) is 13.8 Å². The van der Waals surface area contributed by atoms with Gasteiger partial charge in [0.15, 0.2) is 5.82 Å². The van der Waals surface area contributed by atoms with Crippen molar-refractivity contribution < 1.29 is 0 Å². The van der Waals surface area contributed by atoms with Crippen molar-refractivity contribution in [2.75, 3.05) is 5.32 Å². The molecule has 27 heavy (non-hydrogen) atoms. The summed E-state index contributed by atoms with van der Waals surface area (Å²) in [7, 11) is 0. The van der Waals surface area contributed by atoms with Crippen LogP contribution in [0.1, 0.15) is 46.1 Å². The fraction of sp³-hybridized carbons (Fsp3) is 0.429. The fourth-order valence-electron chi connectivity index (χ4n) is 3.81. The molecule has 1 aliphatic rings. The normalized spacial score (nSPS) is 16.2. The maximum Gasteiger partial charge on any atom is 0.241 e. The first-order valence-corrected chi connectivity index (χ1v) is 9.41. The largest absolute Gasteiger partial charge is 0.350 e. The second-order valence-electron chi connectivity index (χ2n) is 8.48. The van der Waals surface area contributed by atoms with Crippen molar-refractivity contribution in [1.29, 1.82) is 0 Å². The topological polar surface area (TPSA) is 67.5 Å². The zero-order chi connectivity index (χ0) is 19.2. The molecule has 0 atom stereocenters. The number of fused-ring (bicyclic) bond motifs is 1. The Bertz CT molecular complexity index is 1020. The second kappa shape index (κ2) is 6.44. The Morgan fingerprint density at radius 3 is 2.67 bits per heavy atom. The minimum Gasteiger partial charge on any atom is -0.350 e. The van der Waals surface area contributed by atoms with Crippen molar-refractivity contribution in [3.05, 3.63) is 36.3 Å². The molecule has 4 rings (SSSR count). The minimum atomic E-state index is 0.430. The SMILES string of the molecule is CC(C)=Nc1ncc(-c2ccn3nc(NC4CC(C)(C)C4)ncc23)cc1C. The Kier molecular flexibility index (Phi) is 4.21. The van der Waals surface area contributed by atoms with Gasteiger partial charge in [0.25, 0.3) is 0 Å². The summed E-state index contributed by atoms with van der Waals surface area (Å²) in [5.74, 6) is 1.45. The molecule has 0 unspecified atom stereocenters. The van der Waals surface area contributed by atoms with E-state index in [1.807, 2.05) is 43.9 Å². The van der Waals surface area contributed by atoms with Crippen LogP contribution in [0.4, 0.5) is 11.8 Å². The first kappa shape index (κ1) is 17.6. The lowest BCUT2D eigenvalue weighted by molar-refractivity contribution is 0.167.